The topological polar surface area (TPSA) is 50.5 Å². The number of hydrogen-bond acceptors (Lipinski definition) is 4. The zero-order valence-electron chi connectivity index (χ0n) is 13.8. The zero-order chi connectivity index (χ0) is 17.9. The van der Waals surface area contributed by atoms with Crippen molar-refractivity contribution in [1.29, 1.82) is 0 Å². The highest BCUT2D eigenvalue weighted by Crippen LogP contribution is 2.33. The van der Waals surface area contributed by atoms with E-state index in [1.807, 2.05) is 48.5 Å². The molecule has 3 aromatic rings. The first kappa shape index (κ1) is 16.4. The molecule has 0 atom stereocenters. The van der Waals surface area contributed by atoms with Gasteiger partial charge in [0.25, 0.3) is 11.1 Å². The third kappa shape index (κ3) is 3.21. The number of fused-ring (bicyclic) bond motifs is 1. The van der Waals surface area contributed by atoms with Gasteiger partial charge < -0.3 is 4.42 Å². The summed E-state index contributed by atoms with van der Waals surface area (Å²) >= 11 is 0.960. The molecule has 1 aliphatic heterocycles. The van der Waals surface area contributed by atoms with E-state index in [1.165, 1.54) is 4.90 Å². The fourth-order valence-corrected chi connectivity index (χ4v) is 3.66. The average molecular weight is 361 g/mol. The molecule has 26 heavy (non-hydrogen) atoms. The standard InChI is InChI=1S/C21H15NO3S/c23-20-19(12-4-9-17-10-5-13-25-17)26-21(24)22(20)14-16-8-3-7-15-6-1-2-11-18(15)16/h1-13H,14H2/b9-4+,19-12+. The van der Waals surface area contributed by atoms with E-state index in [4.69, 9.17) is 4.42 Å². The predicted octanol–water partition coefficient (Wildman–Crippen LogP) is 5.23. The molecule has 0 radical (unpaired) electrons. The lowest BCUT2D eigenvalue weighted by Crippen LogP contribution is -2.27. The smallest absolute Gasteiger partial charge is 0.293 e. The SMILES string of the molecule is O=C1S/C(=C/C=C/c2ccco2)C(=O)N1Cc1cccc2ccccc12. The number of carbonyl (C=O) groups excluding carboxylic acids is 2. The Hall–Kier alpha value is -3.05. The molecule has 4 rings (SSSR count). The number of amides is 2. The first-order valence-electron chi connectivity index (χ1n) is 8.14. The number of carbonyl (C=O) groups is 2. The predicted molar refractivity (Wildman–Crippen MR) is 103 cm³/mol. The van der Waals surface area contributed by atoms with Crippen molar-refractivity contribution in [3.05, 3.63) is 89.2 Å². The van der Waals surface area contributed by atoms with Gasteiger partial charge in [0.1, 0.15) is 5.76 Å². The Kier molecular flexibility index (Phi) is 4.46. The Balaban J connectivity index is 1.56. The van der Waals surface area contributed by atoms with Gasteiger partial charge in [-0.3, -0.25) is 14.5 Å². The highest BCUT2D eigenvalue weighted by Gasteiger charge is 2.34. The van der Waals surface area contributed by atoms with E-state index in [2.05, 4.69) is 0 Å². The number of benzene rings is 2. The molecule has 128 valence electrons. The third-order valence-corrected chi connectivity index (χ3v) is 5.06. The highest BCUT2D eigenvalue weighted by molar-refractivity contribution is 8.18. The van der Waals surface area contributed by atoms with Crippen LogP contribution in [0.4, 0.5) is 4.79 Å². The minimum atomic E-state index is -0.267. The normalized spacial score (nSPS) is 16.5. The Morgan fingerprint density at radius 1 is 1.00 bits per heavy atom. The van der Waals surface area contributed by atoms with Gasteiger partial charge >= 0.3 is 0 Å². The molecule has 4 nitrogen and oxygen atoms in total. The second-order valence-corrected chi connectivity index (χ2v) is 6.80. The number of furan rings is 1. The summed E-state index contributed by atoms with van der Waals surface area (Å²) in [5, 5.41) is 1.89. The molecule has 5 heteroatoms. The highest BCUT2D eigenvalue weighted by atomic mass is 32.2. The summed E-state index contributed by atoms with van der Waals surface area (Å²) in [7, 11) is 0. The van der Waals surface area contributed by atoms with Crippen LogP contribution in [-0.2, 0) is 11.3 Å². The van der Waals surface area contributed by atoms with Crippen molar-refractivity contribution in [3.63, 3.8) is 0 Å². The molecule has 0 spiro atoms. The largest absolute Gasteiger partial charge is 0.465 e. The van der Waals surface area contributed by atoms with Gasteiger partial charge in [0.15, 0.2) is 0 Å². The molecule has 0 N–H and O–H groups in total. The molecule has 2 amide bonds. The molecule has 0 saturated carbocycles. The van der Waals surface area contributed by atoms with Crippen LogP contribution in [0.15, 0.2) is 82.3 Å². The van der Waals surface area contributed by atoms with Crippen LogP contribution in [0.2, 0.25) is 0 Å². The first-order chi connectivity index (χ1) is 12.7. The van der Waals surface area contributed by atoms with Crippen molar-refractivity contribution >= 4 is 39.8 Å². The van der Waals surface area contributed by atoms with Crippen LogP contribution >= 0.6 is 11.8 Å². The van der Waals surface area contributed by atoms with E-state index in [0.717, 1.165) is 28.1 Å². The zero-order valence-corrected chi connectivity index (χ0v) is 14.6. The second kappa shape index (κ2) is 7.06. The summed E-state index contributed by atoms with van der Waals surface area (Å²) in [6, 6.07) is 17.5. The Bertz CT molecular complexity index is 1030. The van der Waals surface area contributed by atoms with Crippen molar-refractivity contribution in [2.45, 2.75) is 6.54 Å². The Morgan fingerprint density at radius 3 is 2.69 bits per heavy atom. The number of thioether (sulfide) groups is 1. The molecular formula is C21H15NO3S. The molecule has 1 fully saturated rings. The van der Waals surface area contributed by atoms with E-state index in [0.29, 0.717) is 10.7 Å². The first-order valence-corrected chi connectivity index (χ1v) is 8.96. The molecule has 0 bridgehead atoms. The number of nitrogens with zero attached hydrogens (tertiary/aromatic N) is 1. The van der Waals surface area contributed by atoms with Crippen LogP contribution in [-0.4, -0.2) is 16.0 Å². The van der Waals surface area contributed by atoms with Crippen molar-refractivity contribution in [2.24, 2.45) is 0 Å². The van der Waals surface area contributed by atoms with E-state index in [1.54, 1.807) is 30.6 Å². The quantitative estimate of drug-likeness (QED) is 0.597. The summed E-state index contributed by atoms with van der Waals surface area (Å²) in [6.45, 7) is 0.269. The van der Waals surface area contributed by atoms with Gasteiger partial charge in [-0.15, -0.1) is 0 Å². The lowest BCUT2D eigenvalue weighted by atomic mass is 10.0. The Morgan fingerprint density at radius 2 is 1.85 bits per heavy atom. The molecule has 0 aliphatic carbocycles. The maximum absolute atomic E-state index is 12.6. The van der Waals surface area contributed by atoms with Crippen LogP contribution in [0, 0.1) is 0 Å². The summed E-state index contributed by atoms with van der Waals surface area (Å²) < 4.78 is 5.20. The molecule has 0 unspecified atom stereocenters. The summed E-state index contributed by atoms with van der Waals surface area (Å²) in [5.74, 6) is 0.424. The van der Waals surface area contributed by atoms with Crippen molar-refractivity contribution in [1.82, 2.24) is 4.90 Å². The van der Waals surface area contributed by atoms with Gasteiger partial charge in [-0.25, -0.2) is 0 Å². The van der Waals surface area contributed by atoms with Crippen LogP contribution < -0.4 is 0 Å². The maximum Gasteiger partial charge on any atom is 0.293 e. The second-order valence-electron chi connectivity index (χ2n) is 5.80. The van der Waals surface area contributed by atoms with Crippen LogP contribution in [0.25, 0.3) is 16.8 Å². The minimum Gasteiger partial charge on any atom is -0.465 e. The molecule has 1 saturated heterocycles. The fourth-order valence-electron chi connectivity index (χ4n) is 2.87. The molecular weight excluding hydrogens is 346 g/mol. The van der Waals surface area contributed by atoms with Gasteiger partial charge in [-0.1, -0.05) is 48.5 Å². The van der Waals surface area contributed by atoms with E-state index in [-0.39, 0.29) is 17.7 Å². The molecule has 2 heterocycles. The fraction of sp³-hybridized carbons (Fsp3) is 0.0476. The number of rotatable bonds is 4. The minimum absolute atomic E-state index is 0.249. The monoisotopic (exact) mass is 361 g/mol. The van der Waals surface area contributed by atoms with Crippen LogP contribution in [0.3, 0.4) is 0 Å². The van der Waals surface area contributed by atoms with Gasteiger partial charge in [-0.2, -0.15) is 0 Å². The van der Waals surface area contributed by atoms with Gasteiger partial charge in [-0.05, 0) is 52.4 Å². The van der Waals surface area contributed by atoms with Crippen LogP contribution in [0.1, 0.15) is 11.3 Å². The van der Waals surface area contributed by atoms with Crippen molar-refractivity contribution < 1.29 is 14.0 Å². The third-order valence-electron chi connectivity index (χ3n) is 4.13. The Labute approximate surface area is 154 Å². The van der Waals surface area contributed by atoms with Gasteiger partial charge in [0.05, 0.1) is 17.7 Å². The lowest BCUT2D eigenvalue weighted by molar-refractivity contribution is -0.123. The summed E-state index contributed by atoms with van der Waals surface area (Å²) in [6.07, 6.45) is 6.70. The van der Waals surface area contributed by atoms with E-state index in [9.17, 15) is 9.59 Å². The van der Waals surface area contributed by atoms with Crippen LogP contribution in [0.5, 0.6) is 0 Å². The molecule has 2 aromatic carbocycles. The summed E-state index contributed by atoms with van der Waals surface area (Å²) in [4.78, 5) is 26.6. The molecule has 1 aromatic heterocycles. The lowest BCUT2D eigenvalue weighted by Gasteiger charge is -2.14. The number of hydrogen-bond donors (Lipinski definition) is 0. The van der Waals surface area contributed by atoms with Crippen molar-refractivity contribution in [2.75, 3.05) is 0 Å². The number of allylic oxidation sites excluding steroid dienone is 2. The van der Waals surface area contributed by atoms with E-state index >= 15 is 0 Å². The van der Waals surface area contributed by atoms with Gasteiger partial charge in [0, 0.05) is 0 Å². The van der Waals surface area contributed by atoms with Crippen molar-refractivity contribution in [3.8, 4) is 0 Å². The summed E-state index contributed by atoms with van der Waals surface area (Å²) in [5.41, 5.74) is 0.956. The van der Waals surface area contributed by atoms with Gasteiger partial charge in [0.2, 0.25) is 0 Å². The average Bonchev–Trinajstić information content (AvgIpc) is 3.26. The molecule has 1 aliphatic rings. The van der Waals surface area contributed by atoms with E-state index < -0.39 is 0 Å². The number of imide groups is 1. The maximum atomic E-state index is 12.6.